The Morgan fingerprint density at radius 2 is 2.29 bits per heavy atom. The van der Waals surface area contributed by atoms with E-state index in [4.69, 9.17) is 11.6 Å². The molecule has 0 aliphatic carbocycles. The molecule has 0 aromatic heterocycles. The van der Waals surface area contributed by atoms with Gasteiger partial charge in [0.15, 0.2) is 0 Å². The van der Waals surface area contributed by atoms with Crippen LogP contribution in [0.4, 0.5) is 4.39 Å². The van der Waals surface area contributed by atoms with Crippen LogP contribution in [-0.4, -0.2) is 12.6 Å². The van der Waals surface area contributed by atoms with Gasteiger partial charge in [-0.15, -0.1) is 0 Å². The molecule has 1 rings (SSSR count). The molecule has 0 heterocycles. The molecule has 1 aromatic carbocycles. The summed E-state index contributed by atoms with van der Waals surface area (Å²) in [5, 5.41) is 0.273. The highest BCUT2D eigenvalue weighted by atomic mass is 79.9. The largest absolute Gasteiger partial charge is 0.462 e. The number of rotatable bonds is 2. The molecule has 0 fully saturated rings. The zero-order chi connectivity index (χ0) is 10.7. The monoisotopic (exact) mass is 280 g/mol. The van der Waals surface area contributed by atoms with Gasteiger partial charge in [0.25, 0.3) is 0 Å². The maximum atomic E-state index is 13.2. The number of halogens is 3. The van der Waals surface area contributed by atoms with Crippen molar-refractivity contribution in [3.05, 3.63) is 33.0 Å². The van der Waals surface area contributed by atoms with Gasteiger partial charge in [-0.2, -0.15) is 0 Å². The molecule has 0 aliphatic heterocycles. The molecular weight excluding hydrogens is 274 g/mol. The van der Waals surface area contributed by atoms with Crippen LogP contribution in [0, 0.1) is 5.82 Å². The highest BCUT2D eigenvalue weighted by Gasteiger charge is 2.18. The third kappa shape index (κ3) is 2.25. The second-order valence-corrected chi connectivity index (χ2v) is 3.64. The Balaban J connectivity index is 3.18. The van der Waals surface area contributed by atoms with E-state index >= 15 is 0 Å². The lowest BCUT2D eigenvalue weighted by Gasteiger charge is -2.06. The highest BCUT2D eigenvalue weighted by Crippen LogP contribution is 2.28. The van der Waals surface area contributed by atoms with Crippen LogP contribution < -0.4 is 0 Å². The van der Waals surface area contributed by atoms with E-state index in [0.29, 0.717) is 0 Å². The molecule has 5 heteroatoms. The molecular formula is C9H7BrClFO2. The van der Waals surface area contributed by atoms with E-state index in [1.165, 1.54) is 6.07 Å². The lowest BCUT2D eigenvalue weighted by molar-refractivity contribution is 0.0520. The first-order valence-electron chi connectivity index (χ1n) is 3.88. The zero-order valence-corrected chi connectivity index (χ0v) is 9.65. The van der Waals surface area contributed by atoms with Gasteiger partial charge in [-0.25, -0.2) is 9.18 Å². The van der Waals surface area contributed by atoms with Gasteiger partial charge in [-0.05, 0) is 35.0 Å². The van der Waals surface area contributed by atoms with Crippen LogP contribution in [0.3, 0.4) is 0 Å². The van der Waals surface area contributed by atoms with Crippen LogP contribution >= 0.6 is 27.5 Å². The summed E-state index contributed by atoms with van der Waals surface area (Å²) in [6.45, 7) is 1.84. The van der Waals surface area contributed by atoms with Crippen molar-refractivity contribution in [2.24, 2.45) is 0 Å². The van der Waals surface area contributed by atoms with Crippen molar-refractivity contribution in [3.63, 3.8) is 0 Å². The highest BCUT2D eigenvalue weighted by molar-refractivity contribution is 9.10. The predicted octanol–water partition coefficient (Wildman–Crippen LogP) is 3.42. The van der Waals surface area contributed by atoms with E-state index in [9.17, 15) is 9.18 Å². The summed E-state index contributed by atoms with van der Waals surface area (Å²) in [4.78, 5) is 11.3. The minimum absolute atomic E-state index is 0.167. The number of carbonyl (C=O) groups is 1. The smallest absolute Gasteiger partial charge is 0.342 e. The fraction of sp³-hybridized carbons (Fsp3) is 0.222. The van der Waals surface area contributed by atoms with E-state index in [0.717, 1.165) is 6.07 Å². The SMILES string of the molecule is CCOC(=O)c1c(F)ccc(Cl)c1Br. The first-order chi connectivity index (χ1) is 6.57. The van der Waals surface area contributed by atoms with E-state index in [2.05, 4.69) is 20.7 Å². The second-order valence-electron chi connectivity index (χ2n) is 2.44. The Bertz CT molecular complexity index is 368. The summed E-state index contributed by atoms with van der Waals surface area (Å²) in [7, 11) is 0. The van der Waals surface area contributed by atoms with Crippen molar-refractivity contribution in [3.8, 4) is 0 Å². The van der Waals surface area contributed by atoms with Crippen molar-refractivity contribution in [2.45, 2.75) is 6.92 Å². The van der Waals surface area contributed by atoms with Crippen LogP contribution in [0.5, 0.6) is 0 Å². The molecule has 0 aliphatic rings. The maximum absolute atomic E-state index is 13.2. The predicted molar refractivity (Wildman–Crippen MR) is 55.1 cm³/mol. The molecule has 0 unspecified atom stereocenters. The Kier molecular flexibility index (Phi) is 3.89. The Labute approximate surface area is 94.1 Å². The number of carbonyl (C=O) groups excluding carboxylic acids is 1. The van der Waals surface area contributed by atoms with Gasteiger partial charge in [-0.1, -0.05) is 11.6 Å². The molecule has 76 valence electrons. The van der Waals surface area contributed by atoms with Gasteiger partial charge in [0.05, 0.1) is 16.1 Å². The summed E-state index contributed by atoms with van der Waals surface area (Å²) in [6, 6.07) is 2.49. The molecule has 0 atom stereocenters. The number of esters is 1. The fourth-order valence-corrected chi connectivity index (χ4v) is 1.56. The first-order valence-corrected chi connectivity index (χ1v) is 5.05. The second kappa shape index (κ2) is 4.75. The van der Waals surface area contributed by atoms with Crippen molar-refractivity contribution >= 4 is 33.5 Å². The average Bonchev–Trinajstić information content (AvgIpc) is 2.13. The van der Waals surface area contributed by atoms with E-state index in [-0.39, 0.29) is 21.7 Å². The zero-order valence-electron chi connectivity index (χ0n) is 7.31. The summed E-state index contributed by atoms with van der Waals surface area (Å²) in [6.07, 6.45) is 0. The number of benzene rings is 1. The van der Waals surface area contributed by atoms with Gasteiger partial charge >= 0.3 is 5.97 Å². The minimum atomic E-state index is -0.723. The standard InChI is InChI=1S/C9H7BrClFO2/c1-2-14-9(13)7-6(12)4-3-5(11)8(7)10/h3-4H,2H2,1H3. The van der Waals surface area contributed by atoms with Gasteiger partial charge in [0.1, 0.15) is 11.4 Å². The van der Waals surface area contributed by atoms with Crippen molar-refractivity contribution in [1.29, 1.82) is 0 Å². The van der Waals surface area contributed by atoms with Crippen molar-refractivity contribution in [1.82, 2.24) is 0 Å². The van der Waals surface area contributed by atoms with Crippen molar-refractivity contribution in [2.75, 3.05) is 6.61 Å². The molecule has 0 saturated heterocycles. The Morgan fingerprint density at radius 3 is 2.86 bits per heavy atom. The van der Waals surface area contributed by atoms with Crippen LogP contribution in [0.1, 0.15) is 17.3 Å². The molecule has 14 heavy (non-hydrogen) atoms. The normalized spacial score (nSPS) is 10.0. The Hall–Kier alpha value is -0.610. The van der Waals surface area contributed by atoms with Gasteiger partial charge in [-0.3, -0.25) is 0 Å². The lowest BCUT2D eigenvalue weighted by atomic mass is 10.2. The van der Waals surface area contributed by atoms with Crippen LogP contribution in [0.2, 0.25) is 5.02 Å². The summed E-state index contributed by atoms with van der Waals surface area (Å²) in [5.74, 6) is -1.38. The topological polar surface area (TPSA) is 26.3 Å². The Morgan fingerprint density at radius 1 is 1.64 bits per heavy atom. The molecule has 0 radical (unpaired) electrons. The molecule has 0 bridgehead atoms. The number of hydrogen-bond donors (Lipinski definition) is 0. The first kappa shape index (κ1) is 11.5. The number of ether oxygens (including phenoxy) is 1. The molecule has 0 spiro atoms. The summed E-state index contributed by atoms with van der Waals surface area (Å²) < 4.78 is 18.1. The van der Waals surface area contributed by atoms with Gasteiger partial charge in [0, 0.05) is 0 Å². The third-order valence-corrected chi connectivity index (χ3v) is 2.89. The van der Waals surface area contributed by atoms with Gasteiger partial charge in [0.2, 0.25) is 0 Å². The van der Waals surface area contributed by atoms with Crippen LogP contribution in [0.25, 0.3) is 0 Å². The molecule has 0 amide bonds. The minimum Gasteiger partial charge on any atom is -0.462 e. The molecule has 0 N–H and O–H groups in total. The third-order valence-electron chi connectivity index (χ3n) is 1.52. The average molecular weight is 282 g/mol. The van der Waals surface area contributed by atoms with Gasteiger partial charge < -0.3 is 4.74 Å². The fourth-order valence-electron chi connectivity index (χ4n) is 0.917. The van der Waals surface area contributed by atoms with Crippen molar-refractivity contribution < 1.29 is 13.9 Å². The van der Waals surface area contributed by atoms with E-state index in [1.54, 1.807) is 6.92 Å². The molecule has 1 aromatic rings. The quantitative estimate of drug-likeness (QED) is 0.613. The van der Waals surface area contributed by atoms with Crippen LogP contribution in [0.15, 0.2) is 16.6 Å². The van der Waals surface area contributed by atoms with Crippen LogP contribution in [-0.2, 0) is 4.74 Å². The summed E-state index contributed by atoms with van der Waals surface area (Å²) in [5.41, 5.74) is -0.167. The lowest BCUT2D eigenvalue weighted by Crippen LogP contribution is -2.08. The van der Waals surface area contributed by atoms with E-state index in [1.807, 2.05) is 0 Å². The molecule has 0 saturated carbocycles. The number of hydrogen-bond acceptors (Lipinski definition) is 2. The maximum Gasteiger partial charge on any atom is 0.342 e. The van der Waals surface area contributed by atoms with E-state index < -0.39 is 11.8 Å². The molecule has 2 nitrogen and oxygen atoms in total. The summed E-state index contributed by atoms with van der Waals surface area (Å²) >= 11 is 8.74.